The minimum absolute atomic E-state index is 0.498. The van der Waals surface area contributed by atoms with Crippen molar-refractivity contribution in [2.24, 2.45) is 0 Å². The first-order valence-electron chi connectivity index (χ1n) is 22.1. The van der Waals surface area contributed by atoms with Gasteiger partial charge in [0.25, 0.3) is 0 Å². The number of fused-ring (bicyclic) bond motifs is 9. The van der Waals surface area contributed by atoms with Crippen LogP contribution >= 0.6 is 0 Å². The van der Waals surface area contributed by atoms with E-state index in [1.54, 1.807) is 0 Å². The quantitative estimate of drug-likeness (QED) is 0.0726. The van der Waals surface area contributed by atoms with Gasteiger partial charge in [-0.15, -0.1) is 11.1 Å². The van der Waals surface area contributed by atoms with Gasteiger partial charge in [0.1, 0.15) is 27.2 Å². The number of aromatic nitrogens is 4. The molecule has 2 aromatic heterocycles. The van der Waals surface area contributed by atoms with Crippen molar-refractivity contribution in [3.63, 3.8) is 0 Å². The highest BCUT2D eigenvalue weighted by atomic mass is 28.3. The van der Waals surface area contributed by atoms with Gasteiger partial charge >= 0.3 is 0 Å². The Labute approximate surface area is 357 Å². The number of benzene rings is 7. The fourth-order valence-electron chi connectivity index (χ4n) is 11.6. The van der Waals surface area contributed by atoms with E-state index in [0.29, 0.717) is 33.2 Å². The second kappa shape index (κ2) is 14.7. The van der Waals surface area contributed by atoms with Crippen molar-refractivity contribution in [2.75, 3.05) is 0 Å². The van der Waals surface area contributed by atoms with Gasteiger partial charge in [0.2, 0.25) is 0 Å². The highest BCUT2D eigenvalue weighted by Gasteiger charge is 2.43. The Morgan fingerprint density at radius 2 is 0.617 bits per heavy atom. The second-order valence-corrected chi connectivity index (χ2v) is 30.2. The molecule has 60 heavy (non-hydrogen) atoms. The first kappa shape index (κ1) is 40.0. The summed E-state index contributed by atoms with van der Waals surface area (Å²) >= 11 is 0. The van der Waals surface area contributed by atoms with Gasteiger partial charge < -0.3 is 0 Å². The third-order valence-corrected chi connectivity index (χ3v) is 26.9. The van der Waals surface area contributed by atoms with Crippen LogP contribution in [0.3, 0.4) is 0 Å². The molecule has 0 saturated heterocycles. The Morgan fingerprint density at radius 3 is 0.933 bits per heavy atom. The van der Waals surface area contributed by atoms with E-state index in [1.807, 2.05) is 12.1 Å². The summed E-state index contributed by atoms with van der Waals surface area (Å²) in [7, 11) is -4.23. The molecular weight excluding hydrogens is 761 g/mol. The minimum Gasteiger partial charge on any atom is -0.244 e. The Balaban J connectivity index is 1.51. The lowest BCUT2D eigenvalue weighted by atomic mass is 9.90. The van der Waals surface area contributed by atoms with Gasteiger partial charge in [0.15, 0.2) is 0 Å². The normalized spacial score (nSPS) is 13.0. The van der Waals surface area contributed by atoms with E-state index < -0.39 is 16.1 Å². The molecule has 0 radical (unpaired) electrons. The Bertz CT molecular complexity index is 3050. The summed E-state index contributed by atoms with van der Waals surface area (Å²) in [6.07, 6.45) is 0. The highest BCUT2D eigenvalue weighted by molar-refractivity contribution is 6.91. The van der Waals surface area contributed by atoms with E-state index in [-0.39, 0.29) is 0 Å². The minimum atomic E-state index is -2.11. The lowest BCUT2D eigenvalue weighted by Crippen LogP contribution is -2.43. The Hall–Kier alpha value is -5.41. The van der Waals surface area contributed by atoms with Crippen LogP contribution in [-0.2, 0) is 0 Å². The molecule has 0 atom stereocenters. The van der Waals surface area contributed by atoms with Crippen molar-refractivity contribution in [3.8, 4) is 22.9 Å². The molecule has 0 aliphatic heterocycles. The number of para-hydroxylation sites is 2. The summed E-state index contributed by atoms with van der Waals surface area (Å²) in [5.41, 5.74) is 20.2. The summed E-state index contributed by atoms with van der Waals surface area (Å²) in [6, 6.07) is 30.0. The summed E-state index contributed by atoms with van der Waals surface area (Å²) in [5.74, 6) is 7.87. The second-order valence-electron chi connectivity index (χ2n) is 19.1. The summed E-state index contributed by atoms with van der Waals surface area (Å²) in [5, 5.41) is 8.81. The van der Waals surface area contributed by atoms with Gasteiger partial charge in [-0.2, -0.15) is 0 Å². The van der Waals surface area contributed by atoms with Crippen molar-refractivity contribution in [1.82, 2.24) is 19.9 Å². The van der Waals surface area contributed by atoms with Crippen LogP contribution < -0.4 is 0 Å². The molecule has 9 rings (SSSR count). The zero-order chi connectivity index (χ0) is 42.4. The molecule has 300 valence electrons. The average molecular weight is 817 g/mol. The fraction of sp³-hybridized carbons (Fsp3) is 0.333. The van der Waals surface area contributed by atoms with Crippen LogP contribution in [0, 0.1) is 22.9 Å². The van der Waals surface area contributed by atoms with Gasteiger partial charge in [-0.25, -0.2) is 19.9 Å². The lowest BCUT2D eigenvalue weighted by Gasteiger charge is -2.38. The van der Waals surface area contributed by atoms with Gasteiger partial charge in [0.05, 0.1) is 44.2 Å². The van der Waals surface area contributed by atoms with Crippen molar-refractivity contribution >= 4 is 103 Å². The number of hydrogen-bond donors (Lipinski definition) is 0. The van der Waals surface area contributed by atoms with Crippen molar-refractivity contribution < 1.29 is 0 Å². The molecular formula is C54H56N4Si2. The van der Waals surface area contributed by atoms with E-state index in [1.165, 1.54) is 0 Å². The van der Waals surface area contributed by atoms with Crippen LogP contribution in [0.1, 0.15) is 94.2 Å². The topological polar surface area (TPSA) is 51.6 Å². The van der Waals surface area contributed by atoms with Gasteiger partial charge in [-0.05, 0) is 45.4 Å². The molecule has 2 heterocycles. The van der Waals surface area contributed by atoms with Crippen molar-refractivity contribution in [2.45, 2.75) is 116 Å². The summed E-state index contributed by atoms with van der Waals surface area (Å²) < 4.78 is 0. The maximum atomic E-state index is 5.81. The van der Waals surface area contributed by atoms with Crippen LogP contribution in [0.5, 0.6) is 0 Å². The van der Waals surface area contributed by atoms with Gasteiger partial charge in [-0.1, -0.05) is 168 Å². The molecule has 4 nitrogen and oxygen atoms in total. The third-order valence-electron chi connectivity index (χ3n) is 14.3. The number of rotatable bonds is 6. The largest absolute Gasteiger partial charge is 0.244 e. The molecule has 6 heteroatoms. The number of hydrogen-bond acceptors (Lipinski definition) is 4. The van der Waals surface area contributed by atoms with Crippen molar-refractivity contribution in [1.29, 1.82) is 0 Å². The monoisotopic (exact) mass is 816 g/mol. The fourth-order valence-corrected chi connectivity index (χ4v) is 22.0. The maximum absolute atomic E-state index is 5.81. The van der Waals surface area contributed by atoms with E-state index in [2.05, 4.69) is 179 Å². The van der Waals surface area contributed by atoms with Crippen LogP contribution in [-0.4, -0.2) is 36.1 Å². The molecule has 9 aromatic rings. The Morgan fingerprint density at radius 1 is 0.333 bits per heavy atom. The van der Waals surface area contributed by atoms with E-state index >= 15 is 0 Å². The number of nitrogens with zero attached hydrogens (tertiary/aromatic N) is 4. The van der Waals surface area contributed by atoms with Gasteiger partial charge in [0, 0.05) is 43.1 Å². The first-order valence-corrected chi connectivity index (χ1v) is 26.6. The Kier molecular flexibility index (Phi) is 9.77. The standard InChI is InChI=1S/C54H56N4Si2/c1-31(2)59(32(3)4,33(5)6)29-27-39-37-19-13-14-20-38(37)40(28-30-60(34(7)8,35(9)10)36(11)12)50-49(39)57-53-43-23-17-21-41-47(43)48-42(22-18-24-44(48)54(53)58-50)52-51(41)55-45-25-15-16-26-46(45)56-52/h13-26,31-36H,1-12H3. The maximum Gasteiger partial charge on any atom is 0.146 e. The molecule has 0 unspecified atom stereocenters. The third kappa shape index (κ3) is 5.71. The van der Waals surface area contributed by atoms with Gasteiger partial charge in [-0.3, -0.25) is 0 Å². The highest BCUT2D eigenvalue weighted by Crippen LogP contribution is 2.46. The molecule has 0 amide bonds. The molecule has 0 aliphatic carbocycles. The van der Waals surface area contributed by atoms with Crippen LogP contribution in [0.15, 0.2) is 84.9 Å². The smallest absolute Gasteiger partial charge is 0.146 e. The molecule has 0 aliphatic rings. The summed E-state index contributed by atoms with van der Waals surface area (Å²) in [6.45, 7) is 28.6. The van der Waals surface area contributed by atoms with Crippen LogP contribution in [0.2, 0.25) is 33.2 Å². The van der Waals surface area contributed by atoms with E-state index in [9.17, 15) is 0 Å². The van der Waals surface area contributed by atoms with Crippen LogP contribution in [0.25, 0.3) is 87.2 Å². The zero-order valence-electron chi connectivity index (χ0n) is 37.3. The molecule has 0 bridgehead atoms. The van der Waals surface area contributed by atoms with Crippen LogP contribution in [0.4, 0.5) is 0 Å². The first-order chi connectivity index (χ1) is 28.7. The summed E-state index contributed by atoms with van der Waals surface area (Å²) in [4.78, 5) is 22.1. The molecule has 0 N–H and O–H groups in total. The zero-order valence-corrected chi connectivity index (χ0v) is 39.3. The lowest BCUT2D eigenvalue weighted by molar-refractivity contribution is 0.838. The predicted molar refractivity (Wildman–Crippen MR) is 265 cm³/mol. The molecule has 0 saturated carbocycles. The predicted octanol–water partition coefficient (Wildman–Crippen LogP) is 15.1. The van der Waals surface area contributed by atoms with Crippen molar-refractivity contribution in [3.05, 3.63) is 96.1 Å². The molecule has 7 aromatic carbocycles. The SMILES string of the molecule is CC(C)[Si](C#Cc1c2ccccc2c(C#C[Si](C(C)C)(C(C)C)C(C)C)c2nc3c4cccc5c6nc7ccccc7nc6c6cccc(c3nc12)c6c54)(C(C)C)C(C)C. The average Bonchev–Trinajstić information content (AvgIpc) is 3.22. The van der Waals surface area contributed by atoms with E-state index in [4.69, 9.17) is 19.9 Å². The molecule has 0 fully saturated rings. The van der Waals surface area contributed by atoms with E-state index in [0.717, 1.165) is 98.4 Å². The molecule has 0 spiro atoms.